The second-order valence-electron chi connectivity index (χ2n) is 6.84. The van der Waals surface area contributed by atoms with Crippen LogP contribution in [0.4, 0.5) is 5.69 Å². The van der Waals surface area contributed by atoms with Gasteiger partial charge >= 0.3 is 0 Å². The lowest BCUT2D eigenvalue weighted by atomic mass is 10.1. The number of nitrogens with one attached hydrogen (secondary N) is 1. The smallest absolute Gasteiger partial charge is 0.262 e. The number of benzene rings is 2. The summed E-state index contributed by atoms with van der Waals surface area (Å²) in [6.07, 6.45) is 1.59. The van der Waals surface area contributed by atoms with Gasteiger partial charge in [0.25, 0.3) is 5.91 Å². The molecule has 0 spiro atoms. The summed E-state index contributed by atoms with van der Waals surface area (Å²) in [6, 6.07) is 12.6. The van der Waals surface area contributed by atoms with Crippen molar-refractivity contribution in [1.82, 2.24) is 4.68 Å². The average Bonchev–Trinajstić information content (AvgIpc) is 3.14. The molecule has 0 atom stereocenters. The summed E-state index contributed by atoms with van der Waals surface area (Å²) in [4.78, 5) is 17.0. The summed E-state index contributed by atoms with van der Waals surface area (Å²) in [7, 11) is 0. The Morgan fingerprint density at radius 3 is 3.00 bits per heavy atom. The fraction of sp³-hybridized carbons (Fsp3) is 0.136. The predicted octanol–water partition coefficient (Wildman–Crippen LogP) is 3.61. The van der Waals surface area contributed by atoms with Gasteiger partial charge in [-0.25, -0.2) is 4.68 Å². The van der Waals surface area contributed by atoms with Crippen molar-refractivity contribution in [3.8, 4) is 22.8 Å². The number of thiazole rings is 1. The van der Waals surface area contributed by atoms with Crippen LogP contribution in [0.5, 0.6) is 11.5 Å². The Bertz CT molecular complexity index is 1220. The average molecular weight is 420 g/mol. The molecule has 1 aromatic heterocycles. The number of amides is 1. The van der Waals surface area contributed by atoms with Gasteiger partial charge in [-0.3, -0.25) is 9.79 Å². The molecule has 0 aliphatic carbocycles. The van der Waals surface area contributed by atoms with Crippen LogP contribution in [0.25, 0.3) is 11.3 Å². The van der Waals surface area contributed by atoms with Crippen LogP contribution in [0.2, 0.25) is 0 Å². The normalized spacial score (nSPS) is 13.8. The van der Waals surface area contributed by atoms with E-state index in [1.807, 2.05) is 36.6 Å². The first-order valence-corrected chi connectivity index (χ1v) is 10.1. The van der Waals surface area contributed by atoms with E-state index < -0.39 is 0 Å². The number of hydrogen-bond acceptors (Lipinski definition) is 6. The van der Waals surface area contributed by atoms with Crippen LogP contribution in [-0.2, 0) is 4.79 Å². The summed E-state index contributed by atoms with van der Waals surface area (Å²) in [5.74, 6) is 0.588. The molecule has 2 N–H and O–H groups in total. The van der Waals surface area contributed by atoms with E-state index in [0.29, 0.717) is 28.3 Å². The number of para-hydroxylation sites is 1. The summed E-state index contributed by atoms with van der Waals surface area (Å²) >= 11 is 1.45. The molecule has 0 fully saturated rings. The Balaban J connectivity index is 1.80. The third-order valence-electron chi connectivity index (χ3n) is 4.33. The van der Waals surface area contributed by atoms with Gasteiger partial charge in [-0.15, -0.1) is 11.3 Å². The Kier molecular flexibility index (Phi) is 5.49. The predicted molar refractivity (Wildman–Crippen MR) is 118 cm³/mol. The molecule has 2 aromatic carbocycles. The van der Waals surface area contributed by atoms with Crippen molar-refractivity contribution in [3.05, 3.63) is 70.4 Å². The highest BCUT2D eigenvalue weighted by atomic mass is 32.1. The van der Waals surface area contributed by atoms with Crippen molar-refractivity contribution in [3.63, 3.8) is 0 Å². The zero-order valence-corrected chi connectivity index (χ0v) is 17.1. The van der Waals surface area contributed by atoms with Crippen LogP contribution >= 0.6 is 11.3 Å². The fourth-order valence-electron chi connectivity index (χ4n) is 2.88. The number of carbonyl (C=O) groups is 1. The van der Waals surface area contributed by atoms with E-state index in [0.717, 1.165) is 16.8 Å². The third-order valence-corrected chi connectivity index (χ3v) is 5.18. The van der Waals surface area contributed by atoms with Crippen LogP contribution in [0.3, 0.4) is 0 Å². The molecule has 4 rings (SSSR count). The second kappa shape index (κ2) is 8.38. The van der Waals surface area contributed by atoms with Gasteiger partial charge in [-0.1, -0.05) is 24.3 Å². The summed E-state index contributed by atoms with van der Waals surface area (Å²) in [5.41, 5.74) is 3.80. The third kappa shape index (κ3) is 4.18. The minimum absolute atomic E-state index is 0.0135. The number of phenols is 1. The highest BCUT2D eigenvalue weighted by Gasteiger charge is 2.17. The van der Waals surface area contributed by atoms with Crippen molar-refractivity contribution in [1.29, 1.82) is 0 Å². The monoisotopic (exact) mass is 420 g/mol. The number of carbonyl (C=O) groups excluding carboxylic acids is 1. The van der Waals surface area contributed by atoms with Crippen molar-refractivity contribution >= 4 is 29.1 Å². The maximum absolute atomic E-state index is 11.7. The second-order valence-corrected chi connectivity index (χ2v) is 7.68. The molecule has 0 unspecified atom stereocenters. The molecule has 0 saturated heterocycles. The number of aromatic nitrogens is 1. The van der Waals surface area contributed by atoms with E-state index >= 15 is 0 Å². The van der Waals surface area contributed by atoms with Gasteiger partial charge < -0.3 is 15.2 Å². The first-order chi connectivity index (χ1) is 14.5. The first-order valence-electron chi connectivity index (χ1n) is 9.26. The largest absolute Gasteiger partial charge is 0.507 e. The van der Waals surface area contributed by atoms with Crippen LogP contribution in [0.15, 0.2) is 70.1 Å². The summed E-state index contributed by atoms with van der Waals surface area (Å²) in [5, 5.41) is 19.4. The lowest BCUT2D eigenvalue weighted by Crippen LogP contribution is -2.25. The van der Waals surface area contributed by atoms with E-state index in [2.05, 4.69) is 22.0 Å². The SMILES string of the molecule is C=C(C)CN=c1scc(-c2ccc3c(c2)NC(=O)CO3)n1N=Cc1ccccc1O. The Labute approximate surface area is 177 Å². The van der Waals surface area contributed by atoms with E-state index in [1.165, 1.54) is 11.3 Å². The van der Waals surface area contributed by atoms with Gasteiger partial charge in [0.05, 0.1) is 24.1 Å². The molecule has 0 saturated carbocycles. The summed E-state index contributed by atoms with van der Waals surface area (Å²) in [6.45, 7) is 6.32. The zero-order valence-electron chi connectivity index (χ0n) is 16.3. The molecule has 8 heteroatoms. The number of fused-ring (bicyclic) bond motifs is 1. The van der Waals surface area contributed by atoms with E-state index in [1.54, 1.807) is 29.1 Å². The lowest BCUT2D eigenvalue weighted by Gasteiger charge is -2.18. The Hall–Kier alpha value is -3.65. The fourth-order valence-corrected chi connectivity index (χ4v) is 3.72. The molecule has 7 nitrogen and oxygen atoms in total. The number of ether oxygens (including phenoxy) is 1. The van der Waals surface area contributed by atoms with Crippen LogP contribution in [-0.4, -0.2) is 35.1 Å². The Morgan fingerprint density at radius 1 is 1.37 bits per heavy atom. The number of rotatable bonds is 5. The minimum Gasteiger partial charge on any atom is -0.507 e. The number of aromatic hydroxyl groups is 1. The molecular weight excluding hydrogens is 400 g/mol. The molecule has 0 radical (unpaired) electrons. The quantitative estimate of drug-likeness (QED) is 0.488. The highest BCUT2D eigenvalue weighted by molar-refractivity contribution is 7.07. The first kappa shape index (κ1) is 19.7. The topological polar surface area (TPSA) is 88.2 Å². The van der Waals surface area contributed by atoms with Gasteiger partial charge in [-0.05, 0) is 37.3 Å². The molecule has 0 bridgehead atoms. The Morgan fingerprint density at radius 2 is 2.20 bits per heavy atom. The van der Waals surface area contributed by atoms with Crippen LogP contribution < -0.4 is 14.9 Å². The summed E-state index contributed by atoms with van der Waals surface area (Å²) < 4.78 is 7.16. The molecule has 30 heavy (non-hydrogen) atoms. The molecule has 2 heterocycles. The standard InChI is InChI=1S/C22H20N4O3S/c1-14(2)10-23-22-26(24-11-16-5-3-4-6-19(16)27)18(13-30-22)15-7-8-20-17(9-15)25-21(28)12-29-20/h3-9,11,13,27H,1,10,12H2,2H3,(H,25,28). The molecule has 1 amide bonds. The maximum atomic E-state index is 11.7. The van der Waals surface area contributed by atoms with Crippen molar-refractivity contribution in [2.75, 3.05) is 18.5 Å². The van der Waals surface area contributed by atoms with Crippen LogP contribution in [0, 0.1) is 0 Å². The van der Waals surface area contributed by atoms with Gasteiger partial charge in [0, 0.05) is 16.5 Å². The van der Waals surface area contributed by atoms with Gasteiger partial charge in [0.15, 0.2) is 6.61 Å². The van der Waals surface area contributed by atoms with Gasteiger partial charge in [-0.2, -0.15) is 5.10 Å². The minimum atomic E-state index is -0.187. The van der Waals surface area contributed by atoms with E-state index in [9.17, 15) is 9.90 Å². The molecule has 1 aliphatic heterocycles. The molecule has 3 aromatic rings. The van der Waals surface area contributed by atoms with Gasteiger partial charge in [0.2, 0.25) is 4.80 Å². The molecule has 152 valence electrons. The number of hydrogen-bond donors (Lipinski definition) is 2. The maximum Gasteiger partial charge on any atom is 0.262 e. The number of anilines is 1. The number of nitrogens with zero attached hydrogens (tertiary/aromatic N) is 3. The zero-order chi connectivity index (χ0) is 21.1. The molecular formula is C22H20N4O3S. The van der Waals surface area contributed by atoms with Crippen LogP contribution in [0.1, 0.15) is 12.5 Å². The number of phenolic OH excluding ortho intramolecular Hbond substituents is 1. The molecule has 1 aliphatic rings. The van der Waals surface area contributed by atoms with Gasteiger partial charge in [0.1, 0.15) is 11.5 Å². The van der Waals surface area contributed by atoms with Crippen molar-refractivity contribution in [2.45, 2.75) is 6.92 Å². The van der Waals surface area contributed by atoms with Crippen molar-refractivity contribution < 1.29 is 14.6 Å². The van der Waals surface area contributed by atoms with E-state index in [4.69, 9.17) is 4.74 Å². The van der Waals surface area contributed by atoms with Crippen molar-refractivity contribution in [2.24, 2.45) is 10.1 Å². The van der Waals surface area contributed by atoms with E-state index in [-0.39, 0.29) is 18.3 Å². The lowest BCUT2D eigenvalue weighted by molar-refractivity contribution is -0.118. The highest BCUT2D eigenvalue weighted by Crippen LogP contribution is 2.32.